The summed E-state index contributed by atoms with van der Waals surface area (Å²) in [5, 5.41) is 2.79. The molecule has 0 unspecified atom stereocenters. The largest absolute Gasteiger partial charge is 0.355 e. The second kappa shape index (κ2) is 6.74. The number of terminal acetylenes is 1. The summed E-state index contributed by atoms with van der Waals surface area (Å²) in [5.74, 6) is 4.06. The predicted octanol–water partition coefficient (Wildman–Crippen LogP) is 0.596. The van der Waals surface area contributed by atoms with Crippen LogP contribution in [0.1, 0.15) is 20.3 Å². The molecule has 0 aliphatic heterocycles. The van der Waals surface area contributed by atoms with Gasteiger partial charge in [0.2, 0.25) is 5.91 Å². The standard InChI is InChI=1S/C10H18N2OS/c1-4-6-14-7-5-12-9(13)8-10(2,3)11/h1H,5-8,11H2,2-3H3,(H,12,13). The SMILES string of the molecule is C#CCSCCNC(=O)CC(C)(C)N. The Kier molecular flexibility index (Phi) is 6.43. The van der Waals surface area contributed by atoms with Crippen LogP contribution < -0.4 is 11.1 Å². The van der Waals surface area contributed by atoms with Crippen LogP contribution in [0.2, 0.25) is 0 Å². The molecular formula is C10H18N2OS. The smallest absolute Gasteiger partial charge is 0.221 e. The first-order valence-electron chi connectivity index (χ1n) is 4.52. The molecule has 0 saturated heterocycles. The second-order valence-electron chi connectivity index (χ2n) is 3.77. The molecule has 0 heterocycles. The molecule has 4 heteroatoms. The molecule has 0 rings (SSSR count). The van der Waals surface area contributed by atoms with Gasteiger partial charge in [-0.3, -0.25) is 4.79 Å². The summed E-state index contributed by atoms with van der Waals surface area (Å²) in [6, 6.07) is 0. The van der Waals surface area contributed by atoms with E-state index in [9.17, 15) is 4.79 Å². The lowest BCUT2D eigenvalue weighted by Crippen LogP contribution is -2.39. The first-order chi connectivity index (χ1) is 6.45. The molecule has 0 aromatic carbocycles. The van der Waals surface area contributed by atoms with Gasteiger partial charge in [0.1, 0.15) is 0 Å². The molecule has 0 atom stereocenters. The molecule has 80 valence electrons. The fraction of sp³-hybridized carbons (Fsp3) is 0.700. The predicted molar refractivity (Wildman–Crippen MR) is 62.1 cm³/mol. The molecule has 0 bridgehead atoms. The zero-order valence-electron chi connectivity index (χ0n) is 8.80. The van der Waals surface area contributed by atoms with Crippen molar-refractivity contribution in [2.45, 2.75) is 25.8 Å². The number of nitrogens with two attached hydrogens (primary N) is 1. The van der Waals surface area contributed by atoms with Crippen LogP contribution in [0.3, 0.4) is 0 Å². The monoisotopic (exact) mass is 214 g/mol. The molecule has 3 N–H and O–H groups in total. The van der Waals surface area contributed by atoms with Crippen molar-refractivity contribution in [3.8, 4) is 12.3 Å². The molecular weight excluding hydrogens is 196 g/mol. The summed E-state index contributed by atoms with van der Waals surface area (Å²) in [6.45, 7) is 4.32. The first-order valence-corrected chi connectivity index (χ1v) is 5.68. The molecule has 0 spiro atoms. The zero-order chi connectivity index (χ0) is 11.0. The van der Waals surface area contributed by atoms with Gasteiger partial charge < -0.3 is 11.1 Å². The average molecular weight is 214 g/mol. The van der Waals surface area contributed by atoms with Gasteiger partial charge in [0.25, 0.3) is 0 Å². The third-order valence-electron chi connectivity index (χ3n) is 1.37. The van der Waals surface area contributed by atoms with Crippen LogP contribution in [0.4, 0.5) is 0 Å². The maximum absolute atomic E-state index is 11.3. The molecule has 1 amide bonds. The Labute approximate surface area is 90.2 Å². The first kappa shape index (κ1) is 13.3. The van der Waals surface area contributed by atoms with Crippen molar-refractivity contribution in [3.63, 3.8) is 0 Å². The number of amides is 1. The number of hydrogen-bond acceptors (Lipinski definition) is 3. The number of carbonyl (C=O) groups is 1. The minimum Gasteiger partial charge on any atom is -0.355 e. The quantitative estimate of drug-likeness (QED) is 0.503. The summed E-state index contributed by atoms with van der Waals surface area (Å²) in [5.41, 5.74) is 5.26. The fourth-order valence-electron chi connectivity index (χ4n) is 0.870. The summed E-state index contributed by atoms with van der Waals surface area (Å²) >= 11 is 1.63. The maximum atomic E-state index is 11.3. The van der Waals surface area contributed by atoms with E-state index in [1.807, 2.05) is 13.8 Å². The molecule has 0 saturated carbocycles. The average Bonchev–Trinajstić information content (AvgIpc) is 2.00. The normalized spacial score (nSPS) is 10.7. The van der Waals surface area contributed by atoms with E-state index in [2.05, 4.69) is 11.2 Å². The summed E-state index contributed by atoms with van der Waals surface area (Å²) in [6.07, 6.45) is 5.43. The summed E-state index contributed by atoms with van der Waals surface area (Å²) in [7, 11) is 0. The van der Waals surface area contributed by atoms with Crippen LogP contribution in [-0.4, -0.2) is 29.5 Å². The fourth-order valence-corrected chi connectivity index (χ4v) is 1.38. The van der Waals surface area contributed by atoms with Crippen LogP contribution in [0, 0.1) is 12.3 Å². The lowest BCUT2D eigenvalue weighted by Gasteiger charge is -2.17. The highest BCUT2D eigenvalue weighted by molar-refractivity contribution is 7.99. The minimum absolute atomic E-state index is 0.00110. The van der Waals surface area contributed by atoms with Gasteiger partial charge in [0.05, 0.1) is 5.75 Å². The van der Waals surface area contributed by atoms with Crippen molar-refractivity contribution in [1.82, 2.24) is 5.32 Å². The summed E-state index contributed by atoms with van der Waals surface area (Å²) < 4.78 is 0. The molecule has 0 aliphatic rings. The van der Waals surface area contributed by atoms with Gasteiger partial charge in [-0.2, -0.15) is 0 Å². The molecule has 0 fully saturated rings. The molecule has 3 nitrogen and oxygen atoms in total. The van der Waals surface area contributed by atoms with Gasteiger partial charge in [0.15, 0.2) is 0 Å². The highest BCUT2D eigenvalue weighted by atomic mass is 32.2. The number of hydrogen-bond donors (Lipinski definition) is 2. The minimum atomic E-state index is -0.434. The highest BCUT2D eigenvalue weighted by Crippen LogP contribution is 2.02. The van der Waals surface area contributed by atoms with Crippen molar-refractivity contribution in [1.29, 1.82) is 0 Å². The van der Waals surface area contributed by atoms with Gasteiger partial charge >= 0.3 is 0 Å². The Morgan fingerprint density at radius 3 is 2.79 bits per heavy atom. The van der Waals surface area contributed by atoms with Gasteiger partial charge in [-0.05, 0) is 13.8 Å². The van der Waals surface area contributed by atoms with E-state index < -0.39 is 5.54 Å². The van der Waals surface area contributed by atoms with E-state index in [1.54, 1.807) is 11.8 Å². The van der Waals surface area contributed by atoms with E-state index in [4.69, 9.17) is 12.2 Å². The Balaban J connectivity index is 3.42. The molecule has 0 aromatic heterocycles. The van der Waals surface area contributed by atoms with Crippen LogP contribution in [0.5, 0.6) is 0 Å². The Morgan fingerprint density at radius 2 is 2.29 bits per heavy atom. The number of nitrogens with one attached hydrogen (secondary N) is 1. The maximum Gasteiger partial charge on any atom is 0.221 e. The lowest BCUT2D eigenvalue weighted by molar-refractivity contribution is -0.121. The van der Waals surface area contributed by atoms with Gasteiger partial charge in [-0.15, -0.1) is 18.2 Å². The van der Waals surface area contributed by atoms with Gasteiger partial charge in [-0.25, -0.2) is 0 Å². The third kappa shape index (κ3) is 9.43. The molecule has 0 aliphatic carbocycles. The Bertz CT molecular complexity index is 215. The van der Waals surface area contributed by atoms with Gasteiger partial charge in [0, 0.05) is 24.3 Å². The molecule has 0 radical (unpaired) electrons. The summed E-state index contributed by atoms with van der Waals surface area (Å²) in [4.78, 5) is 11.3. The van der Waals surface area contributed by atoms with Crippen LogP contribution >= 0.6 is 11.8 Å². The Hall–Kier alpha value is -0.660. The number of rotatable bonds is 6. The van der Waals surface area contributed by atoms with E-state index >= 15 is 0 Å². The van der Waals surface area contributed by atoms with Crippen molar-refractivity contribution < 1.29 is 4.79 Å². The third-order valence-corrected chi connectivity index (χ3v) is 2.23. The van der Waals surface area contributed by atoms with E-state index in [0.29, 0.717) is 18.7 Å². The van der Waals surface area contributed by atoms with E-state index in [1.165, 1.54) is 0 Å². The van der Waals surface area contributed by atoms with Crippen molar-refractivity contribution >= 4 is 17.7 Å². The van der Waals surface area contributed by atoms with E-state index in [-0.39, 0.29) is 5.91 Å². The van der Waals surface area contributed by atoms with Crippen molar-refractivity contribution in [3.05, 3.63) is 0 Å². The lowest BCUT2D eigenvalue weighted by atomic mass is 10.0. The van der Waals surface area contributed by atoms with Crippen molar-refractivity contribution in [2.24, 2.45) is 5.73 Å². The highest BCUT2D eigenvalue weighted by Gasteiger charge is 2.15. The number of thioether (sulfide) groups is 1. The molecule has 14 heavy (non-hydrogen) atoms. The zero-order valence-corrected chi connectivity index (χ0v) is 9.62. The van der Waals surface area contributed by atoms with Crippen LogP contribution in [0.25, 0.3) is 0 Å². The van der Waals surface area contributed by atoms with E-state index in [0.717, 1.165) is 5.75 Å². The molecule has 0 aromatic rings. The Morgan fingerprint density at radius 1 is 1.64 bits per heavy atom. The van der Waals surface area contributed by atoms with Crippen LogP contribution in [0.15, 0.2) is 0 Å². The van der Waals surface area contributed by atoms with Crippen LogP contribution in [-0.2, 0) is 4.79 Å². The van der Waals surface area contributed by atoms with Crippen molar-refractivity contribution in [2.75, 3.05) is 18.1 Å². The topological polar surface area (TPSA) is 55.1 Å². The number of carbonyl (C=O) groups excluding carboxylic acids is 1. The van der Waals surface area contributed by atoms with Gasteiger partial charge in [-0.1, -0.05) is 5.92 Å². The second-order valence-corrected chi connectivity index (χ2v) is 4.88.